The Kier molecular flexibility index (Phi) is 7.36. The van der Waals surface area contributed by atoms with Crippen molar-refractivity contribution >= 4 is 11.8 Å². The van der Waals surface area contributed by atoms with Crippen LogP contribution in [0.5, 0.6) is 0 Å². The average molecular weight is 390 g/mol. The molecule has 3 heterocycles. The number of piperazine rings is 1. The molecule has 2 N–H and O–H groups in total. The van der Waals surface area contributed by atoms with Crippen LogP contribution in [0.15, 0.2) is 24.4 Å². The molecule has 3 atom stereocenters. The fourth-order valence-electron chi connectivity index (χ4n) is 3.75. The zero-order valence-corrected chi connectivity index (χ0v) is 16.4. The molecule has 1 aromatic rings. The van der Waals surface area contributed by atoms with Crippen LogP contribution in [0.4, 0.5) is 0 Å². The third kappa shape index (κ3) is 5.73. The summed E-state index contributed by atoms with van der Waals surface area (Å²) >= 11 is 0. The molecule has 0 aliphatic carbocycles. The first-order valence-electron chi connectivity index (χ1n) is 9.97. The van der Waals surface area contributed by atoms with Crippen LogP contribution < -0.4 is 5.32 Å². The molecule has 0 spiro atoms. The van der Waals surface area contributed by atoms with Crippen LogP contribution in [-0.2, 0) is 20.7 Å². The van der Waals surface area contributed by atoms with E-state index in [0.717, 1.165) is 26.2 Å². The van der Waals surface area contributed by atoms with E-state index in [2.05, 4.69) is 22.2 Å². The van der Waals surface area contributed by atoms with E-state index < -0.39 is 6.10 Å². The van der Waals surface area contributed by atoms with E-state index >= 15 is 0 Å². The highest BCUT2D eigenvalue weighted by molar-refractivity contribution is 5.78. The summed E-state index contributed by atoms with van der Waals surface area (Å²) in [5, 5.41) is 12.7. The van der Waals surface area contributed by atoms with Gasteiger partial charge in [0, 0.05) is 38.1 Å². The zero-order valence-electron chi connectivity index (χ0n) is 16.4. The Morgan fingerprint density at radius 1 is 1.25 bits per heavy atom. The molecule has 0 unspecified atom stereocenters. The molecular weight excluding hydrogens is 360 g/mol. The molecule has 8 nitrogen and oxygen atoms in total. The van der Waals surface area contributed by atoms with E-state index in [1.54, 1.807) is 12.3 Å². The van der Waals surface area contributed by atoms with Crippen LogP contribution in [0.1, 0.15) is 25.0 Å². The number of aromatic nitrogens is 1. The lowest BCUT2D eigenvalue weighted by molar-refractivity contribution is -0.143. The predicted molar refractivity (Wildman–Crippen MR) is 104 cm³/mol. The van der Waals surface area contributed by atoms with Crippen molar-refractivity contribution in [3.8, 4) is 0 Å². The standard InChI is InChI=1S/C20H30N4O4/c1-23-8-10-24(11-9-23)20(27)13-16-5-6-17(18(14-25)28-16)22-19(26)12-15-4-2-3-7-21-15/h2-4,7,16-18,25H,5-6,8-14H2,1H3,(H,22,26)/t16-,17-,18+/m0/s1. The lowest BCUT2D eigenvalue weighted by Crippen LogP contribution is -2.52. The molecule has 1 aromatic heterocycles. The highest BCUT2D eigenvalue weighted by Gasteiger charge is 2.33. The number of aliphatic hydroxyl groups is 1. The van der Waals surface area contributed by atoms with Crippen LogP contribution in [-0.4, -0.2) is 89.8 Å². The number of carbonyl (C=O) groups excluding carboxylic acids is 2. The number of pyridine rings is 1. The van der Waals surface area contributed by atoms with Gasteiger partial charge in [-0.3, -0.25) is 14.6 Å². The largest absolute Gasteiger partial charge is 0.394 e. The molecule has 3 rings (SSSR count). The topological polar surface area (TPSA) is 95.0 Å². The maximum Gasteiger partial charge on any atom is 0.226 e. The Bertz CT molecular complexity index is 649. The summed E-state index contributed by atoms with van der Waals surface area (Å²) in [5.41, 5.74) is 0.702. The molecule has 154 valence electrons. The van der Waals surface area contributed by atoms with Gasteiger partial charge < -0.3 is 25.0 Å². The first-order valence-corrected chi connectivity index (χ1v) is 9.97. The van der Waals surface area contributed by atoms with Crippen molar-refractivity contribution in [3.63, 3.8) is 0 Å². The second-order valence-electron chi connectivity index (χ2n) is 7.62. The van der Waals surface area contributed by atoms with Gasteiger partial charge in [0.05, 0.1) is 31.6 Å². The van der Waals surface area contributed by atoms with Crippen LogP contribution in [0.25, 0.3) is 0 Å². The minimum Gasteiger partial charge on any atom is -0.394 e. The average Bonchev–Trinajstić information content (AvgIpc) is 2.70. The summed E-state index contributed by atoms with van der Waals surface area (Å²) < 4.78 is 5.94. The summed E-state index contributed by atoms with van der Waals surface area (Å²) in [6.07, 6.45) is 2.84. The molecule has 0 aromatic carbocycles. The van der Waals surface area contributed by atoms with Crippen molar-refractivity contribution in [2.24, 2.45) is 0 Å². The van der Waals surface area contributed by atoms with Crippen LogP contribution in [0, 0.1) is 0 Å². The van der Waals surface area contributed by atoms with Gasteiger partial charge in [0.25, 0.3) is 0 Å². The molecule has 2 aliphatic heterocycles. The highest BCUT2D eigenvalue weighted by atomic mass is 16.5. The molecule has 2 fully saturated rings. The fraction of sp³-hybridized carbons (Fsp3) is 0.650. The number of amides is 2. The number of rotatable bonds is 6. The number of ether oxygens (including phenoxy) is 1. The second kappa shape index (κ2) is 9.95. The summed E-state index contributed by atoms with van der Waals surface area (Å²) in [5.74, 6) is -0.0369. The quantitative estimate of drug-likeness (QED) is 0.699. The van der Waals surface area contributed by atoms with Gasteiger partial charge in [-0.2, -0.15) is 0 Å². The maximum absolute atomic E-state index is 12.5. The van der Waals surface area contributed by atoms with Gasteiger partial charge in [0.2, 0.25) is 11.8 Å². The molecule has 2 aliphatic rings. The molecule has 28 heavy (non-hydrogen) atoms. The molecule has 0 bridgehead atoms. The summed E-state index contributed by atoms with van der Waals surface area (Å²) in [6.45, 7) is 3.09. The minimum atomic E-state index is -0.494. The first kappa shape index (κ1) is 20.7. The van der Waals surface area contributed by atoms with Crippen molar-refractivity contribution < 1.29 is 19.4 Å². The van der Waals surface area contributed by atoms with Crippen LogP contribution in [0.3, 0.4) is 0 Å². The van der Waals surface area contributed by atoms with Gasteiger partial charge >= 0.3 is 0 Å². The molecule has 2 saturated heterocycles. The Labute approximate surface area is 165 Å². The number of aliphatic hydroxyl groups excluding tert-OH is 1. The summed E-state index contributed by atoms with van der Waals surface area (Å²) in [6, 6.07) is 5.20. The monoisotopic (exact) mass is 390 g/mol. The number of hydrogen-bond acceptors (Lipinski definition) is 6. The summed E-state index contributed by atoms with van der Waals surface area (Å²) in [4.78, 5) is 33.1. The minimum absolute atomic E-state index is 0.104. The van der Waals surface area contributed by atoms with E-state index in [1.165, 1.54) is 0 Å². The van der Waals surface area contributed by atoms with Crippen molar-refractivity contribution in [3.05, 3.63) is 30.1 Å². The Hall–Kier alpha value is -2.03. The van der Waals surface area contributed by atoms with Crippen molar-refractivity contribution in [2.75, 3.05) is 39.8 Å². The SMILES string of the molecule is CN1CCN(C(=O)C[C@@H]2CC[C@H](NC(=O)Cc3ccccn3)[C@@H](CO)O2)CC1. The van der Waals surface area contributed by atoms with Gasteiger partial charge in [-0.25, -0.2) is 0 Å². The molecule has 0 saturated carbocycles. The van der Waals surface area contributed by atoms with E-state index in [1.807, 2.05) is 17.0 Å². The van der Waals surface area contributed by atoms with E-state index in [0.29, 0.717) is 25.0 Å². The lowest BCUT2D eigenvalue weighted by atomic mass is 9.96. The molecule has 8 heteroatoms. The zero-order chi connectivity index (χ0) is 19.9. The van der Waals surface area contributed by atoms with Crippen molar-refractivity contribution in [1.82, 2.24) is 20.1 Å². The van der Waals surface area contributed by atoms with Crippen molar-refractivity contribution in [1.29, 1.82) is 0 Å². The maximum atomic E-state index is 12.5. The number of nitrogens with one attached hydrogen (secondary N) is 1. The number of hydrogen-bond donors (Lipinski definition) is 2. The highest BCUT2D eigenvalue weighted by Crippen LogP contribution is 2.23. The number of likely N-dealkylation sites (N-methyl/N-ethyl adjacent to an activating group) is 1. The predicted octanol–water partition coefficient (Wildman–Crippen LogP) is -0.187. The smallest absolute Gasteiger partial charge is 0.226 e. The Morgan fingerprint density at radius 3 is 2.71 bits per heavy atom. The van der Waals surface area contributed by atoms with E-state index in [4.69, 9.17) is 4.74 Å². The first-order chi connectivity index (χ1) is 13.5. The number of nitrogens with zero attached hydrogens (tertiary/aromatic N) is 3. The summed E-state index contributed by atoms with van der Waals surface area (Å²) in [7, 11) is 2.06. The van der Waals surface area contributed by atoms with E-state index in [-0.39, 0.29) is 37.0 Å². The Morgan fingerprint density at radius 2 is 2.04 bits per heavy atom. The van der Waals surface area contributed by atoms with Gasteiger partial charge in [-0.05, 0) is 32.0 Å². The molecule has 2 amide bonds. The van der Waals surface area contributed by atoms with Crippen molar-refractivity contribution in [2.45, 2.75) is 43.9 Å². The molecule has 0 radical (unpaired) electrons. The molecular formula is C20H30N4O4. The lowest BCUT2D eigenvalue weighted by Gasteiger charge is -2.37. The van der Waals surface area contributed by atoms with Gasteiger partial charge in [0.15, 0.2) is 0 Å². The van der Waals surface area contributed by atoms with Gasteiger partial charge in [0.1, 0.15) is 6.10 Å². The third-order valence-corrected chi connectivity index (χ3v) is 5.47. The second-order valence-corrected chi connectivity index (χ2v) is 7.62. The van der Waals surface area contributed by atoms with E-state index in [9.17, 15) is 14.7 Å². The van der Waals surface area contributed by atoms with Crippen LogP contribution in [0.2, 0.25) is 0 Å². The Balaban J connectivity index is 1.46. The van der Waals surface area contributed by atoms with Gasteiger partial charge in [-0.15, -0.1) is 0 Å². The van der Waals surface area contributed by atoms with Gasteiger partial charge in [-0.1, -0.05) is 6.07 Å². The fourth-order valence-corrected chi connectivity index (χ4v) is 3.75. The van der Waals surface area contributed by atoms with Crippen LogP contribution >= 0.6 is 0 Å². The number of carbonyl (C=O) groups is 2. The third-order valence-electron chi connectivity index (χ3n) is 5.47. The normalized spacial score (nSPS) is 26.1.